The highest BCUT2D eigenvalue weighted by Gasteiger charge is 2.30. The maximum Gasteiger partial charge on any atom is 0.243 e. The third kappa shape index (κ3) is 2.90. The van der Waals surface area contributed by atoms with Crippen LogP contribution in [-0.4, -0.2) is 42.3 Å². The van der Waals surface area contributed by atoms with Gasteiger partial charge < -0.3 is 0 Å². The van der Waals surface area contributed by atoms with Crippen LogP contribution in [0, 0.1) is 0 Å². The number of rotatable bonds is 3. The Morgan fingerprint density at radius 1 is 1.33 bits per heavy atom. The molecule has 1 aromatic heterocycles. The molecule has 1 aliphatic heterocycles. The van der Waals surface area contributed by atoms with Crippen LogP contribution in [-0.2, 0) is 10.0 Å². The first-order valence-electron chi connectivity index (χ1n) is 6.60. The van der Waals surface area contributed by atoms with Gasteiger partial charge in [0.15, 0.2) is 0 Å². The fraction of sp³-hybridized carbons (Fsp3) is 0.357. The van der Waals surface area contributed by atoms with Gasteiger partial charge in [-0.3, -0.25) is 0 Å². The average molecular weight is 343 g/mol. The minimum Gasteiger partial charge on any atom is -0.236 e. The minimum atomic E-state index is -3.46. The van der Waals surface area contributed by atoms with E-state index in [-0.39, 0.29) is 6.04 Å². The molecule has 112 valence electrons. The summed E-state index contributed by atoms with van der Waals surface area (Å²) in [6, 6.07) is 8.49. The van der Waals surface area contributed by atoms with Crippen molar-refractivity contribution in [1.82, 2.24) is 9.29 Å². The van der Waals surface area contributed by atoms with Crippen LogP contribution in [0.2, 0.25) is 5.15 Å². The number of nitrogens with zero attached hydrogens (tertiary/aromatic N) is 2. The van der Waals surface area contributed by atoms with Gasteiger partial charge in [0.2, 0.25) is 10.0 Å². The summed E-state index contributed by atoms with van der Waals surface area (Å²) < 4.78 is 26.9. The van der Waals surface area contributed by atoms with Crippen LogP contribution >= 0.6 is 23.4 Å². The van der Waals surface area contributed by atoms with Crippen molar-refractivity contribution in [2.75, 3.05) is 18.6 Å². The van der Waals surface area contributed by atoms with Gasteiger partial charge in [-0.05, 0) is 42.5 Å². The van der Waals surface area contributed by atoms with Crippen LogP contribution < -0.4 is 0 Å². The zero-order valence-corrected chi connectivity index (χ0v) is 13.9. The van der Waals surface area contributed by atoms with E-state index in [0.717, 1.165) is 23.3 Å². The number of benzene rings is 1. The van der Waals surface area contributed by atoms with Crippen molar-refractivity contribution < 1.29 is 8.42 Å². The summed E-state index contributed by atoms with van der Waals surface area (Å²) in [4.78, 5) is 4.48. The molecule has 1 aliphatic rings. The van der Waals surface area contributed by atoms with Gasteiger partial charge in [-0.2, -0.15) is 16.1 Å². The van der Waals surface area contributed by atoms with Crippen LogP contribution in [0.3, 0.4) is 0 Å². The lowest BCUT2D eigenvalue weighted by Gasteiger charge is -2.23. The summed E-state index contributed by atoms with van der Waals surface area (Å²) in [5.74, 6) is 1.88. The second-order valence-electron chi connectivity index (χ2n) is 5.03. The van der Waals surface area contributed by atoms with Crippen LogP contribution in [0.5, 0.6) is 0 Å². The van der Waals surface area contributed by atoms with Crippen LogP contribution in [0.4, 0.5) is 0 Å². The Balaban J connectivity index is 2.00. The molecule has 0 saturated carbocycles. The monoisotopic (exact) mass is 342 g/mol. The molecule has 21 heavy (non-hydrogen) atoms. The normalized spacial score (nSPS) is 19.5. The van der Waals surface area contributed by atoms with Crippen LogP contribution in [0.1, 0.15) is 6.42 Å². The van der Waals surface area contributed by atoms with Crippen molar-refractivity contribution in [2.45, 2.75) is 17.4 Å². The van der Waals surface area contributed by atoms with E-state index in [1.165, 1.54) is 4.31 Å². The van der Waals surface area contributed by atoms with Crippen molar-refractivity contribution in [3.05, 3.63) is 35.5 Å². The number of hydrogen-bond acceptors (Lipinski definition) is 4. The third-order valence-corrected chi connectivity index (χ3v) is 6.98. The number of pyridine rings is 1. The molecule has 2 aromatic rings. The molecular formula is C14H15ClN2O2S2. The Morgan fingerprint density at radius 2 is 2.14 bits per heavy atom. The lowest BCUT2D eigenvalue weighted by atomic mass is 10.2. The highest BCUT2D eigenvalue weighted by Crippen LogP contribution is 2.27. The number of fused-ring (bicyclic) bond motifs is 1. The molecule has 0 amide bonds. The molecule has 7 heteroatoms. The highest BCUT2D eigenvalue weighted by atomic mass is 35.5. The number of halogens is 1. The van der Waals surface area contributed by atoms with E-state index in [9.17, 15) is 8.42 Å². The molecule has 0 radical (unpaired) electrons. The Hall–Kier alpha value is -0.820. The van der Waals surface area contributed by atoms with Crippen molar-refractivity contribution in [3.8, 4) is 0 Å². The SMILES string of the molecule is CN(C1CCSC1)S(=O)(=O)c1ccc2nc(Cl)ccc2c1. The molecule has 1 fully saturated rings. The molecule has 0 aliphatic carbocycles. The lowest BCUT2D eigenvalue weighted by Crippen LogP contribution is -2.36. The molecular weight excluding hydrogens is 328 g/mol. The molecule has 2 heterocycles. The van der Waals surface area contributed by atoms with E-state index in [2.05, 4.69) is 4.98 Å². The van der Waals surface area contributed by atoms with Gasteiger partial charge in [0.25, 0.3) is 0 Å². The average Bonchev–Trinajstić information content (AvgIpc) is 2.99. The summed E-state index contributed by atoms with van der Waals surface area (Å²) in [5, 5.41) is 1.17. The maximum atomic E-state index is 12.7. The molecule has 0 spiro atoms. The summed E-state index contributed by atoms with van der Waals surface area (Å²) >= 11 is 7.64. The van der Waals surface area contributed by atoms with E-state index in [1.54, 1.807) is 49.1 Å². The van der Waals surface area contributed by atoms with Gasteiger partial charge >= 0.3 is 0 Å². The van der Waals surface area contributed by atoms with E-state index >= 15 is 0 Å². The minimum absolute atomic E-state index is 0.0824. The van der Waals surface area contributed by atoms with Crippen LogP contribution in [0.25, 0.3) is 10.9 Å². The third-order valence-electron chi connectivity index (χ3n) is 3.72. The van der Waals surface area contributed by atoms with Gasteiger partial charge in [-0.15, -0.1) is 0 Å². The van der Waals surface area contributed by atoms with Crippen molar-refractivity contribution in [3.63, 3.8) is 0 Å². The summed E-state index contributed by atoms with van der Waals surface area (Å²) in [7, 11) is -1.80. The second-order valence-corrected chi connectivity index (χ2v) is 8.56. The molecule has 1 atom stereocenters. The molecule has 1 aromatic carbocycles. The first-order chi connectivity index (χ1) is 9.98. The second kappa shape index (κ2) is 5.76. The zero-order chi connectivity index (χ0) is 15.0. The van der Waals surface area contributed by atoms with Crippen molar-refractivity contribution in [1.29, 1.82) is 0 Å². The summed E-state index contributed by atoms with van der Waals surface area (Å²) in [6.07, 6.45) is 0.908. The molecule has 4 nitrogen and oxygen atoms in total. The van der Waals surface area contributed by atoms with E-state index in [0.29, 0.717) is 15.6 Å². The first kappa shape index (κ1) is 15.1. The number of aromatic nitrogens is 1. The highest BCUT2D eigenvalue weighted by molar-refractivity contribution is 7.99. The molecule has 0 bridgehead atoms. The number of sulfonamides is 1. The maximum absolute atomic E-state index is 12.7. The van der Waals surface area contributed by atoms with Gasteiger partial charge in [-0.25, -0.2) is 13.4 Å². The fourth-order valence-corrected chi connectivity index (χ4v) is 5.35. The topological polar surface area (TPSA) is 50.3 Å². The quantitative estimate of drug-likeness (QED) is 0.804. The molecule has 1 unspecified atom stereocenters. The van der Waals surface area contributed by atoms with E-state index < -0.39 is 10.0 Å². The van der Waals surface area contributed by atoms with E-state index in [1.807, 2.05) is 0 Å². The zero-order valence-electron chi connectivity index (χ0n) is 11.5. The standard InChI is InChI=1S/C14H15ClN2O2S2/c1-17(11-6-7-20-9-11)21(18,19)12-3-4-13-10(8-12)2-5-14(15)16-13/h2-5,8,11H,6-7,9H2,1H3. The van der Waals surface area contributed by atoms with Gasteiger partial charge in [0, 0.05) is 24.2 Å². The predicted molar refractivity (Wildman–Crippen MR) is 87.4 cm³/mol. The fourth-order valence-electron chi connectivity index (χ4n) is 2.41. The first-order valence-corrected chi connectivity index (χ1v) is 9.58. The van der Waals surface area contributed by atoms with Gasteiger partial charge in [0.05, 0.1) is 10.4 Å². The van der Waals surface area contributed by atoms with Gasteiger partial charge in [-0.1, -0.05) is 11.6 Å². The Morgan fingerprint density at radius 3 is 2.86 bits per heavy atom. The van der Waals surface area contributed by atoms with Crippen molar-refractivity contribution in [2.24, 2.45) is 0 Å². The summed E-state index contributed by atoms with van der Waals surface area (Å²) in [6.45, 7) is 0. The Bertz CT molecular complexity index is 774. The molecule has 0 N–H and O–H groups in total. The lowest BCUT2D eigenvalue weighted by molar-refractivity contribution is 0.394. The molecule has 1 saturated heterocycles. The number of hydrogen-bond donors (Lipinski definition) is 0. The number of thioether (sulfide) groups is 1. The Labute approximate surface area is 133 Å². The van der Waals surface area contributed by atoms with Crippen LogP contribution in [0.15, 0.2) is 35.2 Å². The molecule has 3 rings (SSSR count). The predicted octanol–water partition coefficient (Wildman–Crippen LogP) is 3.01. The Kier molecular flexibility index (Phi) is 4.14. The summed E-state index contributed by atoms with van der Waals surface area (Å²) in [5.41, 5.74) is 0.695. The van der Waals surface area contributed by atoms with Gasteiger partial charge in [0.1, 0.15) is 5.15 Å². The van der Waals surface area contributed by atoms with E-state index in [4.69, 9.17) is 11.6 Å². The smallest absolute Gasteiger partial charge is 0.236 e. The largest absolute Gasteiger partial charge is 0.243 e. The van der Waals surface area contributed by atoms with Crippen molar-refractivity contribution >= 4 is 44.3 Å².